The minimum atomic E-state index is -3.04. The molecule has 0 saturated carbocycles. The summed E-state index contributed by atoms with van der Waals surface area (Å²) in [6.45, 7) is 7.02. The van der Waals surface area contributed by atoms with Gasteiger partial charge in [-0.05, 0) is 20.8 Å². The standard InChI is InChI=1S/C13H23N5O2S.HI/c1-10-11(8-16-17-10)7-15-12(14-4)18-5-6-21(19,20)13(2,3)9-18;/h8H,5-7,9H2,1-4H3,(H,14,15)(H,16,17);1H. The molecule has 1 aromatic rings. The highest BCUT2D eigenvalue weighted by Crippen LogP contribution is 2.23. The molecular formula is C13H24IN5O2S. The number of hydrogen-bond donors (Lipinski definition) is 2. The summed E-state index contributed by atoms with van der Waals surface area (Å²) < 4.78 is 23.3. The van der Waals surface area contributed by atoms with Crippen molar-refractivity contribution in [2.75, 3.05) is 25.9 Å². The number of aromatic nitrogens is 2. The van der Waals surface area contributed by atoms with E-state index in [0.717, 1.165) is 17.2 Å². The number of aryl methyl sites for hydroxylation is 1. The van der Waals surface area contributed by atoms with E-state index in [-0.39, 0.29) is 29.7 Å². The van der Waals surface area contributed by atoms with Crippen LogP contribution in [-0.4, -0.2) is 60.1 Å². The lowest BCUT2D eigenvalue weighted by Crippen LogP contribution is -2.57. The van der Waals surface area contributed by atoms with Crippen molar-refractivity contribution in [3.8, 4) is 0 Å². The number of halogens is 1. The van der Waals surface area contributed by atoms with Crippen molar-refractivity contribution < 1.29 is 8.42 Å². The normalized spacial score (nSPS) is 20.4. The van der Waals surface area contributed by atoms with Crippen molar-refractivity contribution in [3.63, 3.8) is 0 Å². The number of nitrogens with one attached hydrogen (secondary N) is 2. The smallest absolute Gasteiger partial charge is 0.193 e. The van der Waals surface area contributed by atoms with Gasteiger partial charge in [-0.25, -0.2) is 8.42 Å². The molecule has 9 heteroatoms. The Hall–Kier alpha value is -0.840. The van der Waals surface area contributed by atoms with Crippen molar-refractivity contribution in [2.45, 2.75) is 32.1 Å². The zero-order valence-corrected chi connectivity index (χ0v) is 16.5. The predicted molar refractivity (Wildman–Crippen MR) is 98.4 cm³/mol. The molecule has 1 aromatic heterocycles. The molecule has 7 nitrogen and oxygen atoms in total. The summed E-state index contributed by atoms with van der Waals surface area (Å²) in [5, 5.41) is 10.1. The van der Waals surface area contributed by atoms with Crippen LogP contribution in [0.5, 0.6) is 0 Å². The Morgan fingerprint density at radius 2 is 2.23 bits per heavy atom. The van der Waals surface area contributed by atoms with Gasteiger partial charge in [-0.15, -0.1) is 24.0 Å². The van der Waals surface area contributed by atoms with Gasteiger partial charge in [0.05, 0.1) is 16.7 Å². The topological polar surface area (TPSA) is 90.4 Å². The Bertz CT molecular complexity index is 639. The van der Waals surface area contributed by atoms with E-state index in [1.165, 1.54) is 0 Å². The molecule has 0 radical (unpaired) electrons. The molecule has 1 aliphatic heterocycles. The van der Waals surface area contributed by atoms with Crippen molar-refractivity contribution in [3.05, 3.63) is 17.5 Å². The van der Waals surface area contributed by atoms with Crippen molar-refractivity contribution >= 4 is 39.8 Å². The number of guanidine groups is 1. The van der Waals surface area contributed by atoms with Gasteiger partial charge in [0.25, 0.3) is 0 Å². The van der Waals surface area contributed by atoms with Crippen LogP contribution in [0.25, 0.3) is 0 Å². The molecule has 0 bridgehead atoms. The predicted octanol–water partition coefficient (Wildman–Crippen LogP) is 0.921. The average Bonchev–Trinajstić information content (AvgIpc) is 2.80. The van der Waals surface area contributed by atoms with Gasteiger partial charge in [0, 0.05) is 37.9 Å². The second-order valence-corrected chi connectivity index (χ2v) is 8.66. The second kappa shape index (κ2) is 7.16. The van der Waals surface area contributed by atoms with Crippen molar-refractivity contribution in [1.29, 1.82) is 0 Å². The molecule has 1 aliphatic rings. The summed E-state index contributed by atoms with van der Waals surface area (Å²) in [5.41, 5.74) is 2.08. The Kier molecular flexibility index (Phi) is 6.25. The fourth-order valence-electron chi connectivity index (χ4n) is 2.38. The van der Waals surface area contributed by atoms with Gasteiger partial charge < -0.3 is 10.2 Å². The summed E-state index contributed by atoms with van der Waals surface area (Å²) in [6.07, 6.45) is 1.78. The number of rotatable bonds is 2. The zero-order valence-electron chi connectivity index (χ0n) is 13.4. The molecule has 22 heavy (non-hydrogen) atoms. The van der Waals surface area contributed by atoms with Crippen LogP contribution >= 0.6 is 24.0 Å². The first kappa shape index (κ1) is 19.2. The Morgan fingerprint density at radius 1 is 1.55 bits per heavy atom. The van der Waals surface area contributed by atoms with Crippen molar-refractivity contribution in [1.82, 2.24) is 20.4 Å². The number of aromatic amines is 1. The van der Waals surface area contributed by atoms with E-state index < -0.39 is 14.6 Å². The van der Waals surface area contributed by atoms with E-state index in [4.69, 9.17) is 0 Å². The van der Waals surface area contributed by atoms with Crippen LogP contribution in [0, 0.1) is 6.92 Å². The van der Waals surface area contributed by atoms with Crippen LogP contribution in [-0.2, 0) is 16.4 Å². The zero-order chi connectivity index (χ0) is 15.7. The highest BCUT2D eigenvalue weighted by atomic mass is 127. The van der Waals surface area contributed by atoms with Gasteiger partial charge in [0.15, 0.2) is 15.8 Å². The molecule has 0 amide bonds. The van der Waals surface area contributed by atoms with E-state index >= 15 is 0 Å². The summed E-state index contributed by atoms with van der Waals surface area (Å²) >= 11 is 0. The lowest BCUT2D eigenvalue weighted by atomic mass is 10.2. The maximum atomic E-state index is 12.0. The Balaban J connectivity index is 0.00000242. The number of hydrogen-bond acceptors (Lipinski definition) is 4. The summed E-state index contributed by atoms with van der Waals surface area (Å²) in [7, 11) is -1.33. The number of aliphatic imine (C=N–C) groups is 1. The molecule has 2 heterocycles. The summed E-state index contributed by atoms with van der Waals surface area (Å²) in [6, 6.07) is 0. The first-order valence-corrected chi connectivity index (χ1v) is 8.59. The third-order valence-corrected chi connectivity index (χ3v) is 6.46. The summed E-state index contributed by atoms with van der Waals surface area (Å²) in [4.78, 5) is 6.26. The van der Waals surface area contributed by atoms with Crippen LogP contribution in [0.3, 0.4) is 0 Å². The maximum Gasteiger partial charge on any atom is 0.193 e. The van der Waals surface area contributed by atoms with Crippen LogP contribution in [0.15, 0.2) is 11.2 Å². The van der Waals surface area contributed by atoms with E-state index in [0.29, 0.717) is 19.6 Å². The SMILES string of the molecule is CN=C(NCc1cn[nH]c1C)N1CCS(=O)(=O)C(C)(C)C1.I. The second-order valence-electron chi connectivity index (χ2n) is 5.92. The molecule has 2 N–H and O–H groups in total. The fourth-order valence-corrected chi connectivity index (χ4v) is 3.75. The van der Waals surface area contributed by atoms with Gasteiger partial charge in [0.2, 0.25) is 0 Å². The minimum Gasteiger partial charge on any atom is -0.352 e. The molecule has 0 unspecified atom stereocenters. The molecule has 1 saturated heterocycles. The van der Waals surface area contributed by atoms with Crippen LogP contribution < -0.4 is 5.32 Å². The van der Waals surface area contributed by atoms with Crippen LogP contribution in [0.4, 0.5) is 0 Å². The molecule has 126 valence electrons. The van der Waals surface area contributed by atoms with Gasteiger partial charge in [-0.3, -0.25) is 10.1 Å². The monoisotopic (exact) mass is 441 g/mol. The number of sulfone groups is 1. The van der Waals surface area contributed by atoms with Gasteiger partial charge in [-0.2, -0.15) is 5.10 Å². The molecule has 0 aliphatic carbocycles. The van der Waals surface area contributed by atoms with Gasteiger partial charge in [0.1, 0.15) is 0 Å². The minimum absolute atomic E-state index is 0. The van der Waals surface area contributed by atoms with E-state index in [9.17, 15) is 8.42 Å². The molecule has 0 spiro atoms. The highest BCUT2D eigenvalue weighted by molar-refractivity contribution is 14.0. The quantitative estimate of drug-likeness (QED) is 0.405. The van der Waals surface area contributed by atoms with Crippen molar-refractivity contribution in [2.24, 2.45) is 4.99 Å². The summed E-state index contributed by atoms with van der Waals surface area (Å²) in [5.74, 6) is 0.879. The fraction of sp³-hybridized carbons (Fsp3) is 0.692. The van der Waals surface area contributed by atoms with Gasteiger partial charge >= 0.3 is 0 Å². The third kappa shape index (κ3) is 3.92. The number of nitrogens with zero attached hydrogens (tertiary/aromatic N) is 3. The van der Waals surface area contributed by atoms with E-state index in [1.54, 1.807) is 27.1 Å². The number of H-pyrrole nitrogens is 1. The van der Waals surface area contributed by atoms with E-state index in [2.05, 4.69) is 20.5 Å². The Morgan fingerprint density at radius 3 is 2.73 bits per heavy atom. The largest absolute Gasteiger partial charge is 0.352 e. The first-order valence-electron chi connectivity index (χ1n) is 6.93. The van der Waals surface area contributed by atoms with Gasteiger partial charge in [-0.1, -0.05) is 0 Å². The lowest BCUT2D eigenvalue weighted by molar-refractivity contribution is 0.353. The lowest BCUT2D eigenvalue weighted by Gasteiger charge is -2.39. The first-order chi connectivity index (χ1) is 9.77. The molecule has 1 fully saturated rings. The molecule has 0 aromatic carbocycles. The maximum absolute atomic E-state index is 12.0. The third-order valence-electron chi connectivity index (χ3n) is 3.93. The average molecular weight is 441 g/mol. The Labute approximate surface area is 148 Å². The van der Waals surface area contributed by atoms with Crippen LogP contribution in [0.2, 0.25) is 0 Å². The molecular weight excluding hydrogens is 417 g/mol. The van der Waals surface area contributed by atoms with Crippen LogP contribution in [0.1, 0.15) is 25.1 Å². The molecule has 2 rings (SSSR count). The van der Waals surface area contributed by atoms with E-state index in [1.807, 2.05) is 11.8 Å². The highest BCUT2D eigenvalue weighted by Gasteiger charge is 2.40. The molecule has 0 atom stereocenters.